The molecule has 106 valence electrons. The third-order valence-corrected chi connectivity index (χ3v) is 5.13. The zero-order chi connectivity index (χ0) is 14.9. The average Bonchev–Trinajstić information content (AvgIpc) is 2.73. The molecule has 0 saturated heterocycles. The van der Waals surface area contributed by atoms with Gasteiger partial charge in [-0.3, -0.25) is 14.8 Å². The molecule has 11 heteroatoms. The first-order valence-corrected chi connectivity index (χ1v) is 8.07. The van der Waals surface area contributed by atoms with Crippen LogP contribution in [0.5, 0.6) is 0 Å². The lowest BCUT2D eigenvalue weighted by Gasteiger charge is -2.07. The van der Waals surface area contributed by atoms with Crippen LogP contribution in [-0.2, 0) is 10.0 Å². The van der Waals surface area contributed by atoms with E-state index in [1.807, 2.05) is 0 Å². The molecule has 0 aliphatic rings. The topological polar surface area (TPSA) is 128 Å². The first-order chi connectivity index (χ1) is 9.29. The number of nitrogen functional groups attached to an aromatic ring is 1. The first-order valence-electron chi connectivity index (χ1n) is 4.97. The summed E-state index contributed by atoms with van der Waals surface area (Å²) in [6.07, 6.45) is 1.45. The number of thiazole rings is 1. The maximum absolute atomic E-state index is 12.1. The summed E-state index contributed by atoms with van der Waals surface area (Å²) >= 11 is 4.25. The van der Waals surface area contributed by atoms with Gasteiger partial charge < -0.3 is 5.73 Å². The Kier molecular flexibility index (Phi) is 3.92. The van der Waals surface area contributed by atoms with Gasteiger partial charge in [0.1, 0.15) is 4.90 Å². The van der Waals surface area contributed by atoms with Gasteiger partial charge in [-0.05, 0) is 22.0 Å². The van der Waals surface area contributed by atoms with Gasteiger partial charge in [-0.1, -0.05) is 11.3 Å². The van der Waals surface area contributed by atoms with Crippen molar-refractivity contribution in [3.63, 3.8) is 0 Å². The number of nitrogens with two attached hydrogens (primary N) is 1. The number of nitrogens with zero attached hydrogens (tertiary/aromatic N) is 2. The third-order valence-electron chi connectivity index (χ3n) is 2.19. The summed E-state index contributed by atoms with van der Waals surface area (Å²) in [5.41, 5.74) is 5.07. The van der Waals surface area contributed by atoms with Gasteiger partial charge in [0.25, 0.3) is 15.7 Å². The lowest BCUT2D eigenvalue weighted by molar-refractivity contribution is -0.384. The van der Waals surface area contributed by atoms with Gasteiger partial charge in [0.15, 0.2) is 5.13 Å². The predicted molar refractivity (Wildman–Crippen MR) is 78.1 cm³/mol. The number of benzene rings is 1. The van der Waals surface area contributed by atoms with Crippen LogP contribution in [0.2, 0.25) is 0 Å². The second kappa shape index (κ2) is 5.34. The van der Waals surface area contributed by atoms with Gasteiger partial charge in [-0.2, -0.15) is 0 Å². The Morgan fingerprint density at radius 3 is 2.65 bits per heavy atom. The molecule has 3 N–H and O–H groups in total. The highest BCUT2D eigenvalue weighted by Crippen LogP contribution is 2.28. The van der Waals surface area contributed by atoms with Crippen LogP contribution in [0.3, 0.4) is 0 Å². The Balaban J connectivity index is 2.37. The number of hydrogen-bond acceptors (Lipinski definition) is 7. The number of nitro benzene ring substituents is 1. The van der Waals surface area contributed by atoms with Crippen molar-refractivity contribution in [2.45, 2.75) is 4.90 Å². The van der Waals surface area contributed by atoms with Gasteiger partial charge in [0, 0.05) is 12.1 Å². The molecule has 8 nitrogen and oxygen atoms in total. The number of rotatable bonds is 4. The highest BCUT2D eigenvalue weighted by molar-refractivity contribution is 9.11. The summed E-state index contributed by atoms with van der Waals surface area (Å²) in [5.74, 6) is 0. The van der Waals surface area contributed by atoms with Gasteiger partial charge in [0.05, 0.1) is 20.6 Å². The van der Waals surface area contributed by atoms with Crippen molar-refractivity contribution >= 4 is 53.8 Å². The fourth-order valence-corrected chi connectivity index (χ4v) is 3.83. The fraction of sp³-hybridized carbons (Fsp3) is 0. The lowest BCUT2D eigenvalue weighted by Crippen LogP contribution is -2.14. The number of anilines is 2. The molecule has 0 bridgehead atoms. The van der Waals surface area contributed by atoms with E-state index >= 15 is 0 Å². The Hall–Kier alpha value is -1.72. The molecule has 20 heavy (non-hydrogen) atoms. The SMILES string of the molecule is Nc1cc([N+](=O)[O-])ccc1S(=O)(=O)Nc1ncc(Br)s1. The second-order valence-corrected chi connectivity index (χ2v) is 7.61. The molecular weight excluding hydrogens is 372 g/mol. The molecule has 0 fully saturated rings. The van der Waals surface area contributed by atoms with Crippen molar-refractivity contribution in [2.75, 3.05) is 10.5 Å². The Morgan fingerprint density at radius 1 is 1.45 bits per heavy atom. The quantitative estimate of drug-likeness (QED) is 0.476. The molecule has 1 aromatic carbocycles. The van der Waals surface area contributed by atoms with Crippen LogP contribution in [0.15, 0.2) is 33.1 Å². The maximum atomic E-state index is 12.1. The minimum absolute atomic E-state index is 0.162. The first kappa shape index (κ1) is 14.7. The van der Waals surface area contributed by atoms with Gasteiger partial charge >= 0.3 is 0 Å². The standard InChI is InChI=1S/C9H7BrN4O4S2/c10-8-4-12-9(19-8)13-20(17,18)7-2-1-5(14(15)16)3-6(7)11/h1-4H,11H2,(H,12,13). The Labute approximate surface area is 126 Å². The molecular formula is C9H7BrN4O4S2. The molecule has 0 unspecified atom stereocenters. The number of nitrogens with one attached hydrogen (secondary N) is 1. The van der Waals surface area contributed by atoms with Crippen LogP contribution in [0.25, 0.3) is 0 Å². The number of hydrogen-bond donors (Lipinski definition) is 2. The fourth-order valence-electron chi connectivity index (χ4n) is 1.37. The van der Waals surface area contributed by atoms with Crippen LogP contribution >= 0.6 is 27.3 Å². The van der Waals surface area contributed by atoms with Crippen LogP contribution in [0.1, 0.15) is 0 Å². The summed E-state index contributed by atoms with van der Waals surface area (Å²) in [5, 5.41) is 10.7. The monoisotopic (exact) mass is 378 g/mol. The molecule has 0 radical (unpaired) electrons. The van der Waals surface area contributed by atoms with Crippen molar-refractivity contribution in [1.82, 2.24) is 4.98 Å². The van der Waals surface area contributed by atoms with Crippen LogP contribution in [0, 0.1) is 10.1 Å². The third kappa shape index (κ3) is 3.05. The molecule has 0 atom stereocenters. The summed E-state index contributed by atoms with van der Waals surface area (Å²) in [6.45, 7) is 0. The summed E-state index contributed by atoms with van der Waals surface area (Å²) in [4.78, 5) is 13.5. The molecule has 2 rings (SSSR count). The van der Waals surface area contributed by atoms with E-state index in [0.29, 0.717) is 3.79 Å². The zero-order valence-electron chi connectivity index (χ0n) is 9.61. The predicted octanol–water partition coefficient (Wildman–Crippen LogP) is 2.20. The molecule has 1 aromatic heterocycles. The largest absolute Gasteiger partial charge is 0.397 e. The average molecular weight is 379 g/mol. The molecule has 1 heterocycles. The lowest BCUT2D eigenvalue weighted by atomic mass is 10.3. The van der Waals surface area contributed by atoms with Crippen LogP contribution in [0.4, 0.5) is 16.5 Å². The van der Waals surface area contributed by atoms with Crippen molar-refractivity contribution in [3.8, 4) is 0 Å². The molecule has 0 aliphatic heterocycles. The number of halogens is 1. The van der Waals surface area contributed by atoms with E-state index in [1.165, 1.54) is 6.20 Å². The van der Waals surface area contributed by atoms with E-state index < -0.39 is 14.9 Å². The van der Waals surface area contributed by atoms with Crippen molar-refractivity contribution < 1.29 is 13.3 Å². The second-order valence-electron chi connectivity index (χ2n) is 3.55. The number of non-ortho nitro benzene ring substituents is 1. The van der Waals surface area contributed by atoms with Crippen molar-refractivity contribution in [1.29, 1.82) is 0 Å². The van der Waals surface area contributed by atoms with Gasteiger partial charge in [0.2, 0.25) is 0 Å². The van der Waals surface area contributed by atoms with Crippen molar-refractivity contribution in [2.24, 2.45) is 0 Å². The van der Waals surface area contributed by atoms with Crippen LogP contribution in [-0.4, -0.2) is 18.3 Å². The molecule has 0 aliphatic carbocycles. The summed E-state index contributed by atoms with van der Waals surface area (Å²) in [6, 6.07) is 3.15. The Bertz CT molecular complexity index is 774. The highest BCUT2D eigenvalue weighted by Gasteiger charge is 2.21. The van der Waals surface area contributed by atoms with E-state index in [9.17, 15) is 18.5 Å². The van der Waals surface area contributed by atoms with E-state index in [1.54, 1.807) is 0 Å². The zero-order valence-corrected chi connectivity index (χ0v) is 12.8. The van der Waals surface area contributed by atoms with E-state index in [-0.39, 0.29) is 21.4 Å². The Morgan fingerprint density at radius 2 is 2.15 bits per heavy atom. The minimum atomic E-state index is -3.94. The molecule has 0 saturated carbocycles. The summed E-state index contributed by atoms with van der Waals surface area (Å²) in [7, 11) is -3.94. The normalized spacial score (nSPS) is 11.2. The van der Waals surface area contributed by atoms with Gasteiger partial charge in [-0.15, -0.1) is 0 Å². The number of aromatic nitrogens is 1. The van der Waals surface area contributed by atoms with E-state index in [2.05, 4.69) is 25.6 Å². The number of nitro groups is 1. The summed E-state index contributed by atoms with van der Waals surface area (Å²) < 4.78 is 27.1. The smallest absolute Gasteiger partial charge is 0.271 e. The van der Waals surface area contributed by atoms with Crippen LogP contribution < -0.4 is 10.5 Å². The molecule has 2 aromatic rings. The highest BCUT2D eigenvalue weighted by atomic mass is 79.9. The van der Waals surface area contributed by atoms with E-state index in [0.717, 1.165) is 29.5 Å². The molecule has 0 spiro atoms. The van der Waals surface area contributed by atoms with Gasteiger partial charge in [-0.25, -0.2) is 13.4 Å². The van der Waals surface area contributed by atoms with Crippen molar-refractivity contribution in [3.05, 3.63) is 38.3 Å². The van der Waals surface area contributed by atoms with E-state index in [4.69, 9.17) is 5.73 Å². The molecule has 0 amide bonds. The maximum Gasteiger partial charge on any atom is 0.271 e. The minimum Gasteiger partial charge on any atom is -0.397 e. The number of sulfonamides is 1.